The molecule has 6 heavy (non-hydrogen) atoms. The molecule has 0 atom stereocenters. The van der Waals surface area contributed by atoms with Gasteiger partial charge >= 0.3 is 29.6 Å². The zero-order chi connectivity index (χ0) is 4.50. The second-order valence-corrected chi connectivity index (χ2v) is 3.56. The molecule has 0 radical (unpaired) electrons. The Kier molecular flexibility index (Phi) is 5.88. The predicted octanol–water partition coefficient (Wildman–Crippen LogP) is -3.15. The van der Waals surface area contributed by atoms with Crippen LogP contribution in [-0.4, -0.2) is 13.0 Å². The van der Waals surface area contributed by atoms with E-state index in [-0.39, 0.29) is 29.6 Å². The van der Waals surface area contributed by atoms with Crippen molar-refractivity contribution < 1.29 is 42.5 Å². The van der Waals surface area contributed by atoms with E-state index in [1.807, 2.05) is 0 Å². The summed E-state index contributed by atoms with van der Waals surface area (Å²) in [7, 11) is -4.10. The van der Waals surface area contributed by atoms with Gasteiger partial charge in [-0.3, -0.25) is 0 Å². The van der Waals surface area contributed by atoms with Crippen LogP contribution in [0.1, 0.15) is 0 Å². The molecule has 0 aliphatic carbocycles. The van der Waals surface area contributed by atoms with Gasteiger partial charge in [0.05, 0.1) is 0 Å². The normalized spacial score (nSPS) is 9.67. The fourth-order valence-corrected chi connectivity index (χ4v) is 0. The van der Waals surface area contributed by atoms with Crippen molar-refractivity contribution in [2.24, 2.45) is 0 Å². The second kappa shape index (κ2) is 3.40. The van der Waals surface area contributed by atoms with Gasteiger partial charge in [-0.1, -0.05) is 0 Å². The third-order valence-corrected chi connectivity index (χ3v) is 0. The van der Waals surface area contributed by atoms with Gasteiger partial charge in [0.25, 0.3) is 0 Å². The van der Waals surface area contributed by atoms with Crippen molar-refractivity contribution in [2.75, 3.05) is 0 Å². The molecule has 0 fully saturated rings. The summed E-state index contributed by atoms with van der Waals surface area (Å²) in [6.07, 6.45) is 0. The van der Waals surface area contributed by atoms with Crippen LogP contribution >= 0.6 is 14.8 Å². The van der Waals surface area contributed by atoms with Crippen molar-refractivity contribution in [2.45, 2.75) is 0 Å². The second-order valence-electron chi connectivity index (χ2n) is 0.393. The molecular weight excluding hydrogens is 183 g/mol. The molecule has 0 N–H and O–H groups in total. The Labute approximate surface area is 65.4 Å². The molecule has 0 spiro atoms. The molecule has 0 aromatic carbocycles. The van der Waals surface area contributed by atoms with E-state index >= 15 is 0 Å². The van der Waals surface area contributed by atoms with Gasteiger partial charge in [-0.25, -0.2) is 8.42 Å². The summed E-state index contributed by atoms with van der Waals surface area (Å²) < 4.78 is 27.0. The van der Waals surface area contributed by atoms with E-state index in [0.717, 1.165) is 0 Å². The molecule has 3 nitrogen and oxygen atoms in total. The first-order valence-corrected chi connectivity index (χ1v) is 3.91. The maximum Gasteiger partial charge on any atom is 1.00 e. The van der Waals surface area contributed by atoms with Crippen LogP contribution in [0.3, 0.4) is 0 Å². The Hall–Kier alpha value is 1.39. The molecule has 0 aromatic heterocycles. The Balaban J connectivity index is 0. The van der Waals surface area contributed by atoms with Crippen molar-refractivity contribution in [3.8, 4) is 0 Å². The topological polar surface area (TPSA) is 57.2 Å². The largest absolute Gasteiger partial charge is 1.00 e. The van der Waals surface area contributed by atoms with Crippen molar-refractivity contribution in [3.05, 3.63) is 0 Å². The number of halogens is 1. The van der Waals surface area contributed by atoms with Crippen molar-refractivity contribution in [1.29, 1.82) is 0 Å². The molecule has 0 aliphatic rings. The SMILES string of the molecule is O=S(=O)([O-])Br.[Na+]. The molecule has 0 unspecified atom stereocenters. The third kappa shape index (κ3) is 53.8. The van der Waals surface area contributed by atoms with Crippen molar-refractivity contribution >= 4 is 23.4 Å². The number of hydrogen-bond acceptors (Lipinski definition) is 3. The van der Waals surface area contributed by atoms with Gasteiger partial charge in [-0.05, 0) is 0 Å². The fourth-order valence-electron chi connectivity index (χ4n) is 0. The van der Waals surface area contributed by atoms with Crippen LogP contribution in [0, 0.1) is 0 Å². The summed E-state index contributed by atoms with van der Waals surface area (Å²) >= 11 is 1.79. The first-order chi connectivity index (χ1) is 2.00. The maximum absolute atomic E-state index is 8.99. The minimum Gasteiger partial charge on any atom is -0.739 e. The summed E-state index contributed by atoms with van der Waals surface area (Å²) in [5, 5.41) is 0. The van der Waals surface area contributed by atoms with Crippen LogP contribution in [0.25, 0.3) is 0 Å². The zero-order valence-corrected chi connectivity index (χ0v) is 7.41. The van der Waals surface area contributed by atoms with Crippen LogP contribution < -0.4 is 29.6 Å². The van der Waals surface area contributed by atoms with Crippen LogP contribution in [0.5, 0.6) is 0 Å². The quantitative estimate of drug-likeness (QED) is 0.226. The van der Waals surface area contributed by atoms with Crippen molar-refractivity contribution in [3.63, 3.8) is 0 Å². The first kappa shape index (κ1) is 10.4. The average Bonchev–Trinajstić information content (AvgIpc) is 0.722. The summed E-state index contributed by atoms with van der Waals surface area (Å²) in [4.78, 5) is 0. The van der Waals surface area contributed by atoms with Gasteiger partial charge in [0.2, 0.25) is 0 Å². The summed E-state index contributed by atoms with van der Waals surface area (Å²) in [6.45, 7) is 0. The van der Waals surface area contributed by atoms with Gasteiger partial charge in [0.15, 0.2) is 8.55 Å². The maximum atomic E-state index is 8.99. The van der Waals surface area contributed by atoms with E-state index in [9.17, 15) is 0 Å². The Morgan fingerprint density at radius 3 is 1.50 bits per heavy atom. The molecule has 0 heterocycles. The average molecular weight is 183 g/mol. The Morgan fingerprint density at radius 2 is 1.50 bits per heavy atom. The molecule has 6 heteroatoms. The summed E-state index contributed by atoms with van der Waals surface area (Å²) in [6, 6.07) is 0. The standard InChI is InChI=1S/BrHO3S.Na/c1-5(2,3)4;/h(H,2,3,4);/q;+1/p-1. The zero-order valence-electron chi connectivity index (χ0n) is 3.01. The molecule has 0 rings (SSSR count). The molecule has 0 aromatic rings. The van der Waals surface area contributed by atoms with E-state index in [2.05, 4.69) is 0 Å². The molecule has 0 saturated carbocycles. The molecule has 0 amide bonds. The third-order valence-electron chi connectivity index (χ3n) is 0. The van der Waals surface area contributed by atoms with Gasteiger partial charge in [0, 0.05) is 14.8 Å². The van der Waals surface area contributed by atoms with Gasteiger partial charge in [0.1, 0.15) is 0 Å². The summed E-state index contributed by atoms with van der Waals surface area (Å²) in [5.41, 5.74) is 0. The van der Waals surface area contributed by atoms with Crippen LogP contribution in [-0.2, 0) is 8.55 Å². The van der Waals surface area contributed by atoms with Gasteiger partial charge in [-0.2, -0.15) is 0 Å². The Morgan fingerprint density at radius 1 is 1.50 bits per heavy atom. The van der Waals surface area contributed by atoms with Crippen LogP contribution in [0.15, 0.2) is 0 Å². The van der Waals surface area contributed by atoms with E-state index < -0.39 is 8.55 Å². The van der Waals surface area contributed by atoms with Gasteiger partial charge in [-0.15, -0.1) is 0 Å². The van der Waals surface area contributed by atoms with Crippen LogP contribution in [0.2, 0.25) is 0 Å². The van der Waals surface area contributed by atoms with Gasteiger partial charge < -0.3 is 4.55 Å². The molecule has 0 bridgehead atoms. The smallest absolute Gasteiger partial charge is 0.739 e. The number of hydrogen-bond donors (Lipinski definition) is 0. The number of rotatable bonds is 0. The van der Waals surface area contributed by atoms with E-state index in [0.29, 0.717) is 0 Å². The van der Waals surface area contributed by atoms with E-state index in [1.165, 1.54) is 0 Å². The molecule has 0 saturated heterocycles. The summed E-state index contributed by atoms with van der Waals surface area (Å²) in [5.74, 6) is 0. The van der Waals surface area contributed by atoms with Crippen molar-refractivity contribution in [1.82, 2.24) is 0 Å². The minimum atomic E-state index is -4.10. The molecule has 0 aliphatic heterocycles. The van der Waals surface area contributed by atoms with E-state index in [4.69, 9.17) is 13.0 Å². The predicted molar refractivity (Wildman–Crippen MR) is 18.6 cm³/mol. The van der Waals surface area contributed by atoms with Crippen LogP contribution in [0.4, 0.5) is 0 Å². The molecule has 32 valence electrons. The monoisotopic (exact) mass is 182 g/mol. The Bertz CT molecular complexity index is 94.0. The molecular formula is BrNaO3S. The van der Waals surface area contributed by atoms with E-state index in [1.54, 1.807) is 14.8 Å². The first-order valence-electron chi connectivity index (χ1n) is 0.654. The minimum absolute atomic E-state index is 0. The fraction of sp³-hybridized carbons (Fsp3) is 0.